The van der Waals surface area contributed by atoms with E-state index in [-0.39, 0.29) is 0 Å². The number of nitrogens with one attached hydrogen (secondary N) is 1. The van der Waals surface area contributed by atoms with Crippen LogP contribution in [0.15, 0.2) is 12.1 Å². The predicted octanol–water partition coefficient (Wildman–Crippen LogP) is 5.23. The fourth-order valence-corrected chi connectivity index (χ4v) is 2.75. The summed E-state index contributed by atoms with van der Waals surface area (Å²) in [5, 5.41) is 3.74. The monoisotopic (exact) mass is 261 g/mol. The van der Waals surface area contributed by atoms with Gasteiger partial charge in [0.15, 0.2) is 0 Å². The number of hydrogen-bond donors (Lipinski definition) is 1. The van der Waals surface area contributed by atoms with Crippen molar-refractivity contribution in [1.82, 2.24) is 5.32 Å². The van der Waals surface area contributed by atoms with Crippen molar-refractivity contribution in [2.24, 2.45) is 0 Å². The van der Waals surface area contributed by atoms with Gasteiger partial charge in [-0.25, -0.2) is 0 Å². The minimum Gasteiger partial charge on any atom is -0.308 e. The Labute approximate surface area is 119 Å². The van der Waals surface area contributed by atoms with Gasteiger partial charge in [-0.15, -0.1) is 0 Å². The normalized spacial score (nSPS) is 14.4. The van der Waals surface area contributed by atoms with Gasteiger partial charge in [0.1, 0.15) is 0 Å². The summed E-state index contributed by atoms with van der Waals surface area (Å²) in [5.41, 5.74) is 5.65. The molecule has 0 aliphatic heterocycles. The maximum Gasteiger partial charge on any atom is 0.0296 e. The lowest BCUT2D eigenvalue weighted by Gasteiger charge is -2.23. The molecule has 2 atom stereocenters. The molecule has 1 N–H and O–H groups in total. The van der Waals surface area contributed by atoms with Crippen LogP contribution in [0.2, 0.25) is 0 Å². The van der Waals surface area contributed by atoms with Gasteiger partial charge in [-0.1, -0.05) is 38.3 Å². The second kappa shape index (κ2) is 7.69. The minimum absolute atomic E-state index is 0.441. The second-order valence-corrected chi connectivity index (χ2v) is 6.08. The van der Waals surface area contributed by atoms with Crippen LogP contribution in [0, 0.1) is 20.8 Å². The Bertz CT molecular complexity index is 395. The molecule has 19 heavy (non-hydrogen) atoms. The molecule has 1 aromatic carbocycles. The van der Waals surface area contributed by atoms with Crippen molar-refractivity contribution < 1.29 is 0 Å². The van der Waals surface area contributed by atoms with Gasteiger partial charge in [-0.3, -0.25) is 0 Å². The highest BCUT2D eigenvalue weighted by Gasteiger charge is 2.12. The third-order valence-corrected chi connectivity index (χ3v) is 4.12. The summed E-state index contributed by atoms with van der Waals surface area (Å²) < 4.78 is 0. The maximum absolute atomic E-state index is 3.74. The number of hydrogen-bond acceptors (Lipinski definition) is 1. The van der Waals surface area contributed by atoms with E-state index in [1.807, 2.05) is 0 Å². The van der Waals surface area contributed by atoms with Gasteiger partial charge in [0.2, 0.25) is 0 Å². The molecule has 108 valence electrons. The van der Waals surface area contributed by atoms with Crippen LogP contribution in [0.4, 0.5) is 0 Å². The van der Waals surface area contributed by atoms with E-state index >= 15 is 0 Å². The molecule has 0 heterocycles. The molecule has 0 saturated heterocycles. The van der Waals surface area contributed by atoms with Crippen molar-refractivity contribution in [3.63, 3.8) is 0 Å². The van der Waals surface area contributed by atoms with Gasteiger partial charge in [-0.05, 0) is 63.3 Å². The van der Waals surface area contributed by atoms with Crippen LogP contribution in [0.3, 0.4) is 0 Å². The number of aryl methyl sites for hydroxylation is 3. The largest absolute Gasteiger partial charge is 0.308 e. The average Bonchev–Trinajstić information content (AvgIpc) is 2.34. The molecule has 0 spiro atoms. The molecule has 0 aliphatic carbocycles. The van der Waals surface area contributed by atoms with E-state index in [1.54, 1.807) is 0 Å². The molecule has 0 bridgehead atoms. The van der Waals surface area contributed by atoms with E-state index in [2.05, 4.69) is 59.0 Å². The molecule has 1 rings (SSSR count). The van der Waals surface area contributed by atoms with Gasteiger partial charge in [0.25, 0.3) is 0 Å². The van der Waals surface area contributed by atoms with Crippen LogP contribution >= 0.6 is 0 Å². The Morgan fingerprint density at radius 3 is 2.21 bits per heavy atom. The maximum atomic E-state index is 3.74. The summed E-state index contributed by atoms with van der Waals surface area (Å²) >= 11 is 0. The molecule has 0 amide bonds. The summed E-state index contributed by atoms with van der Waals surface area (Å²) in [6.45, 7) is 13.5. The lowest BCUT2D eigenvalue weighted by molar-refractivity contribution is 0.439. The van der Waals surface area contributed by atoms with Gasteiger partial charge in [-0.2, -0.15) is 0 Å². The highest BCUT2D eigenvalue weighted by molar-refractivity contribution is 5.38. The Kier molecular flexibility index (Phi) is 6.57. The molecule has 0 aliphatic rings. The van der Waals surface area contributed by atoms with Crippen molar-refractivity contribution in [2.45, 2.75) is 79.3 Å². The molecule has 1 heteroatoms. The molecular weight excluding hydrogens is 230 g/mol. The predicted molar refractivity (Wildman–Crippen MR) is 85.8 cm³/mol. The first kappa shape index (κ1) is 16.2. The van der Waals surface area contributed by atoms with Crippen molar-refractivity contribution in [2.75, 3.05) is 0 Å². The topological polar surface area (TPSA) is 12.0 Å². The third-order valence-electron chi connectivity index (χ3n) is 4.12. The number of benzene rings is 1. The second-order valence-electron chi connectivity index (χ2n) is 6.08. The Morgan fingerprint density at radius 1 is 0.947 bits per heavy atom. The molecule has 0 radical (unpaired) electrons. The van der Waals surface area contributed by atoms with E-state index in [0.29, 0.717) is 12.1 Å². The summed E-state index contributed by atoms with van der Waals surface area (Å²) in [5.74, 6) is 0. The van der Waals surface area contributed by atoms with E-state index < -0.39 is 0 Å². The first-order chi connectivity index (χ1) is 8.95. The zero-order chi connectivity index (χ0) is 14.4. The van der Waals surface area contributed by atoms with E-state index in [4.69, 9.17) is 0 Å². The number of unbranched alkanes of at least 4 members (excludes halogenated alkanes) is 2. The molecule has 0 saturated carbocycles. The summed E-state index contributed by atoms with van der Waals surface area (Å²) in [6.07, 6.45) is 5.27. The average molecular weight is 261 g/mol. The smallest absolute Gasteiger partial charge is 0.0296 e. The Hall–Kier alpha value is -0.820. The van der Waals surface area contributed by atoms with Crippen molar-refractivity contribution >= 4 is 0 Å². The zero-order valence-corrected chi connectivity index (χ0v) is 13.6. The van der Waals surface area contributed by atoms with Gasteiger partial charge in [0.05, 0.1) is 0 Å². The summed E-state index contributed by atoms with van der Waals surface area (Å²) in [4.78, 5) is 0. The van der Waals surface area contributed by atoms with Gasteiger partial charge < -0.3 is 5.32 Å². The fraction of sp³-hybridized carbons (Fsp3) is 0.667. The van der Waals surface area contributed by atoms with Crippen LogP contribution in [-0.4, -0.2) is 6.04 Å². The van der Waals surface area contributed by atoms with E-state index in [1.165, 1.54) is 47.9 Å². The van der Waals surface area contributed by atoms with E-state index in [0.717, 1.165) is 0 Å². The van der Waals surface area contributed by atoms with Crippen molar-refractivity contribution in [3.8, 4) is 0 Å². The Morgan fingerprint density at radius 2 is 1.58 bits per heavy atom. The first-order valence-corrected chi connectivity index (χ1v) is 7.79. The molecule has 1 aromatic rings. The van der Waals surface area contributed by atoms with Crippen molar-refractivity contribution in [3.05, 3.63) is 34.4 Å². The van der Waals surface area contributed by atoms with Crippen molar-refractivity contribution in [1.29, 1.82) is 0 Å². The first-order valence-electron chi connectivity index (χ1n) is 7.79. The highest BCUT2D eigenvalue weighted by atomic mass is 14.9. The van der Waals surface area contributed by atoms with Crippen LogP contribution in [0.5, 0.6) is 0 Å². The van der Waals surface area contributed by atoms with E-state index in [9.17, 15) is 0 Å². The van der Waals surface area contributed by atoms with Gasteiger partial charge >= 0.3 is 0 Å². The van der Waals surface area contributed by atoms with Gasteiger partial charge in [0, 0.05) is 12.1 Å². The lowest BCUT2D eigenvalue weighted by atomic mass is 9.96. The number of rotatable bonds is 7. The summed E-state index contributed by atoms with van der Waals surface area (Å²) in [6, 6.07) is 5.70. The third kappa shape index (κ3) is 4.99. The quantitative estimate of drug-likeness (QED) is 0.663. The molecule has 0 aromatic heterocycles. The summed E-state index contributed by atoms with van der Waals surface area (Å²) in [7, 11) is 0. The lowest BCUT2D eigenvalue weighted by Crippen LogP contribution is -2.29. The molecule has 2 unspecified atom stereocenters. The fourth-order valence-electron chi connectivity index (χ4n) is 2.75. The standard InChI is InChI=1S/C18H31N/c1-7-8-9-10-16(5)19-17(6)18-12-14(3)13(2)11-15(18)4/h11-12,16-17,19H,7-10H2,1-6H3. The highest BCUT2D eigenvalue weighted by Crippen LogP contribution is 2.22. The van der Waals surface area contributed by atoms with Crippen LogP contribution in [-0.2, 0) is 0 Å². The Balaban J connectivity index is 2.62. The van der Waals surface area contributed by atoms with Crippen LogP contribution < -0.4 is 5.32 Å². The van der Waals surface area contributed by atoms with Crippen LogP contribution in [0.1, 0.15) is 74.8 Å². The molecule has 1 nitrogen and oxygen atoms in total. The van der Waals surface area contributed by atoms with Crippen LogP contribution in [0.25, 0.3) is 0 Å². The zero-order valence-electron chi connectivity index (χ0n) is 13.6. The molecular formula is C18H31N. The SMILES string of the molecule is CCCCCC(C)NC(C)c1cc(C)c(C)cc1C. The minimum atomic E-state index is 0.441. The molecule has 0 fully saturated rings.